The molecule has 1 saturated heterocycles. The minimum Gasteiger partial charge on any atom is -0.505 e. The van der Waals surface area contributed by atoms with E-state index in [-0.39, 0.29) is 27.0 Å². The molecule has 1 amide bonds. The van der Waals surface area contributed by atoms with Gasteiger partial charge in [0.1, 0.15) is 16.2 Å². The fourth-order valence-corrected chi connectivity index (χ4v) is 5.95. The second kappa shape index (κ2) is 11.6. The first-order valence-electron chi connectivity index (χ1n) is 13.4. The Labute approximate surface area is 246 Å². The number of aliphatic hydroxyl groups excluding tert-OH is 1. The molecule has 1 aliphatic heterocycles. The van der Waals surface area contributed by atoms with E-state index < -0.39 is 23.7 Å². The molecule has 4 aromatic rings. The number of pyridine rings is 1. The number of methoxy groups -OCH3 is 1. The first kappa shape index (κ1) is 28.8. The molecule has 0 spiro atoms. The van der Waals surface area contributed by atoms with Crippen LogP contribution in [-0.2, 0) is 14.3 Å². The summed E-state index contributed by atoms with van der Waals surface area (Å²) in [5, 5.41) is 11.9. The van der Waals surface area contributed by atoms with E-state index in [4.69, 9.17) is 14.2 Å². The van der Waals surface area contributed by atoms with Gasteiger partial charge < -0.3 is 19.3 Å². The van der Waals surface area contributed by atoms with Gasteiger partial charge in [0.05, 0.1) is 43.3 Å². The summed E-state index contributed by atoms with van der Waals surface area (Å²) in [5.74, 6) is -1.87. The zero-order chi connectivity index (χ0) is 30.1. The summed E-state index contributed by atoms with van der Waals surface area (Å²) in [6.07, 6.45) is 2.51. The van der Waals surface area contributed by atoms with Crippen molar-refractivity contribution >= 4 is 45.5 Å². The number of nitrogens with zero attached hydrogens (tertiary/aromatic N) is 4. The molecule has 3 aromatic heterocycles. The molecule has 1 atom stereocenters. The van der Waals surface area contributed by atoms with Crippen LogP contribution >= 0.6 is 11.3 Å². The largest absolute Gasteiger partial charge is 0.505 e. The van der Waals surface area contributed by atoms with Gasteiger partial charge in [-0.3, -0.25) is 18.9 Å². The molecule has 1 aromatic carbocycles. The number of ketones is 1. The van der Waals surface area contributed by atoms with E-state index in [0.29, 0.717) is 47.3 Å². The third-order valence-corrected chi connectivity index (χ3v) is 7.92. The van der Waals surface area contributed by atoms with Crippen molar-refractivity contribution < 1.29 is 33.7 Å². The molecule has 0 radical (unpaired) electrons. The van der Waals surface area contributed by atoms with Crippen LogP contribution in [0.1, 0.15) is 58.6 Å². The average Bonchev–Trinajstić information content (AvgIpc) is 3.61. The number of anilines is 1. The summed E-state index contributed by atoms with van der Waals surface area (Å²) in [7, 11) is 1.25. The second-order valence-corrected chi connectivity index (χ2v) is 10.5. The number of benzene rings is 1. The van der Waals surface area contributed by atoms with Gasteiger partial charge in [0, 0.05) is 6.20 Å². The Bertz CT molecular complexity index is 1740. The number of Topliss-reactive ketones (excluding diaryl/α,β-unsaturated/α-hetero) is 1. The second-order valence-electron chi connectivity index (χ2n) is 9.53. The Morgan fingerprint density at radius 3 is 2.55 bits per heavy atom. The molecular weight excluding hydrogens is 560 g/mol. The number of aryl methyl sites for hydroxylation is 2. The van der Waals surface area contributed by atoms with Gasteiger partial charge in [-0.2, -0.15) is 0 Å². The SMILES string of the molecule is CCCOc1ccc(C2/C(=C(\O)c3c(C)nc4ccccn34)C(=O)C(=O)N2c2nc(C)c(C(=O)OC)s2)cc1OCC. The number of rotatable bonds is 9. The lowest BCUT2D eigenvalue weighted by Gasteiger charge is -2.24. The van der Waals surface area contributed by atoms with Crippen LogP contribution in [0.2, 0.25) is 0 Å². The predicted molar refractivity (Wildman–Crippen MR) is 156 cm³/mol. The lowest BCUT2D eigenvalue weighted by molar-refractivity contribution is -0.132. The highest BCUT2D eigenvalue weighted by atomic mass is 32.1. The van der Waals surface area contributed by atoms with Crippen molar-refractivity contribution in [3.05, 3.63) is 75.7 Å². The highest BCUT2D eigenvalue weighted by molar-refractivity contribution is 7.17. The number of esters is 1. The van der Waals surface area contributed by atoms with Gasteiger partial charge in [0.15, 0.2) is 22.4 Å². The van der Waals surface area contributed by atoms with Crippen LogP contribution in [0.4, 0.5) is 5.13 Å². The summed E-state index contributed by atoms with van der Waals surface area (Å²) in [5.41, 5.74) is 2.00. The number of hydrogen-bond donors (Lipinski definition) is 1. The molecule has 1 unspecified atom stereocenters. The lowest BCUT2D eigenvalue weighted by atomic mass is 9.96. The van der Waals surface area contributed by atoms with Crippen molar-refractivity contribution in [3.63, 3.8) is 0 Å². The summed E-state index contributed by atoms with van der Waals surface area (Å²) in [6, 6.07) is 9.37. The summed E-state index contributed by atoms with van der Waals surface area (Å²) < 4.78 is 18.3. The first-order valence-corrected chi connectivity index (χ1v) is 14.2. The van der Waals surface area contributed by atoms with E-state index in [1.807, 2.05) is 19.9 Å². The van der Waals surface area contributed by atoms with E-state index in [9.17, 15) is 19.5 Å². The fraction of sp³-hybridized carbons (Fsp3) is 0.300. The molecule has 1 fully saturated rings. The maximum Gasteiger partial charge on any atom is 0.350 e. The summed E-state index contributed by atoms with van der Waals surface area (Å²) in [4.78, 5) is 50.2. The molecule has 218 valence electrons. The number of amides is 1. The van der Waals surface area contributed by atoms with Crippen LogP contribution in [-0.4, -0.2) is 57.5 Å². The van der Waals surface area contributed by atoms with Crippen molar-refractivity contribution in [2.24, 2.45) is 0 Å². The number of thiazole rings is 1. The topological polar surface area (TPSA) is 133 Å². The van der Waals surface area contributed by atoms with Crippen molar-refractivity contribution in [1.29, 1.82) is 0 Å². The Kier molecular flexibility index (Phi) is 7.99. The van der Waals surface area contributed by atoms with Crippen LogP contribution in [0, 0.1) is 13.8 Å². The van der Waals surface area contributed by atoms with E-state index in [2.05, 4.69) is 9.97 Å². The smallest absolute Gasteiger partial charge is 0.350 e. The Balaban J connectivity index is 1.76. The van der Waals surface area contributed by atoms with Gasteiger partial charge in [-0.15, -0.1) is 0 Å². The lowest BCUT2D eigenvalue weighted by Crippen LogP contribution is -2.29. The first-order chi connectivity index (χ1) is 20.2. The van der Waals surface area contributed by atoms with Gasteiger partial charge in [-0.25, -0.2) is 14.8 Å². The molecule has 0 saturated carbocycles. The quantitative estimate of drug-likeness (QED) is 0.124. The number of carbonyl (C=O) groups excluding carboxylic acids is 3. The number of carbonyl (C=O) groups is 3. The van der Waals surface area contributed by atoms with Crippen LogP contribution < -0.4 is 14.4 Å². The molecular formula is C30H30N4O7S. The van der Waals surface area contributed by atoms with E-state index in [1.165, 1.54) is 12.0 Å². The molecule has 4 heterocycles. The molecule has 0 aliphatic carbocycles. The molecule has 1 N–H and O–H groups in total. The Morgan fingerprint density at radius 2 is 1.83 bits per heavy atom. The van der Waals surface area contributed by atoms with Crippen LogP contribution in [0.25, 0.3) is 11.4 Å². The maximum atomic E-state index is 13.7. The Morgan fingerprint density at radius 1 is 1.05 bits per heavy atom. The number of imidazole rings is 1. The summed E-state index contributed by atoms with van der Waals surface area (Å²) >= 11 is 0.929. The van der Waals surface area contributed by atoms with Crippen molar-refractivity contribution in [2.75, 3.05) is 25.2 Å². The number of hydrogen-bond acceptors (Lipinski definition) is 10. The predicted octanol–water partition coefficient (Wildman–Crippen LogP) is 5.01. The molecule has 0 bridgehead atoms. The highest BCUT2D eigenvalue weighted by Crippen LogP contribution is 2.46. The molecule has 12 heteroatoms. The van der Waals surface area contributed by atoms with Gasteiger partial charge >= 0.3 is 11.9 Å². The van der Waals surface area contributed by atoms with Crippen molar-refractivity contribution in [2.45, 2.75) is 40.2 Å². The van der Waals surface area contributed by atoms with E-state index >= 15 is 0 Å². The van der Waals surface area contributed by atoms with E-state index in [0.717, 1.165) is 17.8 Å². The standard InChI is InChI=1S/C30H30N4O7S/c1-6-14-41-19-12-11-18(15-20(19)40-7-2)24-22(25(35)23-16(3)31-21-10-8-9-13-33(21)23)26(36)28(37)34(24)30-32-17(4)27(42-30)29(38)39-5/h8-13,15,24,35H,6-7,14H2,1-5H3/b25-22+. The number of fused-ring (bicyclic) bond motifs is 1. The third kappa shape index (κ3) is 4.87. The normalized spacial score (nSPS) is 16.3. The number of aromatic nitrogens is 3. The van der Waals surface area contributed by atoms with Gasteiger partial charge in [-0.05, 0) is 57.0 Å². The third-order valence-electron chi connectivity index (χ3n) is 6.78. The van der Waals surface area contributed by atoms with E-state index in [1.54, 1.807) is 54.8 Å². The molecule has 1 aliphatic rings. The van der Waals surface area contributed by atoms with Crippen LogP contribution in [0.3, 0.4) is 0 Å². The highest BCUT2D eigenvalue weighted by Gasteiger charge is 2.49. The minimum atomic E-state index is -1.10. The molecule has 42 heavy (non-hydrogen) atoms. The number of aliphatic hydroxyl groups is 1. The maximum absolute atomic E-state index is 13.7. The fourth-order valence-electron chi connectivity index (χ4n) is 4.93. The molecule has 5 rings (SSSR count). The van der Waals surface area contributed by atoms with Gasteiger partial charge in [0.25, 0.3) is 5.78 Å². The van der Waals surface area contributed by atoms with Crippen LogP contribution in [0.15, 0.2) is 48.2 Å². The van der Waals surface area contributed by atoms with Crippen molar-refractivity contribution in [3.8, 4) is 11.5 Å². The van der Waals surface area contributed by atoms with Crippen LogP contribution in [0.5, 0.6) is 11.5 Å². The molecule has 11 nitrogen and oxygen atoms in total. The van der Waals surface area contributed by atoms with Gasteiger partial charge in [0.2, 0.25) is 0 Å². The zero-order valence-corrected chi connectivity index (χ0v) is 24.7. The summed E-state index contributed by atoms with van der Waals surface area (Å²) in [6.45, 7) is 7.98. The number of ether oxygens (including phenoxy) is 3. The van der Waals surface area contributed by atoms with Gasteiger partial charge in [-0.1, -0.05) is 30.4 Å². The van der Waals surface area contributed by atoms with Crippen molar-refractivity contribution in [1.82, 2.24) is 14.4 Å². The average molecular weight is 591 g/mol. The zero-order valence-electron chi connectivity index (χ0n) is 23.8. The Hall–Kier alpha value is -4.71. The monoisotopic (exact) mass is 590 g/mol. The minimum absolute atomic E-state index is 0.109.